The summed E-state index contributed by atoms with van der Waals surface area (Å²) in [5.41, 5.74) is 1.73. The number of furan rings is 1. The number of hydrogen-bond acceptors (Lipinski definition) is 5. The van der Waals surface area contributed by atoms with Crippen molar-refractivity contribution in [1.29, 1.82) is 0 Å². The fraction of sp³-hybridized carbons (Fsp3) is 0. The normalized spacial score (nSPS) is 16.5. The Labute approximate surface area is 164 Å². The molecule has 1 aromatic heterocycles. The molecule has 6 nitrogen and oxygen atoms in total. The van der Waals surface area contributed by atoms with E-state index >= 15 is 0 Å². The molecule has 138 valence electrons. The lowest BCUT2D eigenvalue weighted by molar-refractivity contribution is -0.115. The van der Waals surface area contributed by atoms with Crippen molar-refractivity contribution in [3.8, 4) is 11.3 Å². The molecule has 0 bridgehead atoms. The number of rotatable bonds is 4. The van der Waals surface area contributed by atoms with Crippen molar-refractivity contribution in [2.45, 2.75) is 0 Å². The van der Waals surface area contributed by atoms with Gasteiger partial charge in [0, 0.05) is 11.6 Å². The quantitative estimate of drug-likeness (QED) is 0.638. The van der Waals surface area contributed by atoms with E-state index < -0.39 is 5.97 Å². The number of aromatic carboxylic acids is 1. The van der Waals surface area contributed by atoms with Gasteiger partial charge in [-0.25, -0.2) is 9.79 Å². The van der Waals surface area contributed by atoms with Gasteiger partial charge in [-0.2, -0.15) is 0 Å². The largest absolute Gasteiger partial charge is 0.478 e. The van der Waals surface area contributed by atoms with E-state index in [0.29, 0.717) is 21.6 Å². The summed E-state index contributed by atoms with van der Waals surface area (Å²) >= 11 is 1.24. The highest BCUT2D eigenvalue weighted by molar-refractivity contribution is 8.18. The maximum absolute atomic E-state index is 12.2. The van der Waals surface area contributed by atoms with Crippen LogP contribution < -0.4 is 5.32 Å². The Kier molecular flexibility index (Phi) is 4.82. The average molecular weight is 390 g/mol. The minimum Gasteiger partial charge on any atom is -0.478 e. The van der Waals surface area contributed by atoms with Crippen LogP contribution >= 0.6 is 11.8 Å². The average Bonchev–Trinajstić information content (AvgIpc) is 3.30. The minimum atomic E-state index is -0.978. The first-order chi connectivity index (χ1) is 13.6. The third-order valence-corrected chi connectivity index (χ3v) is 4.86. The maximum atomic E-state index is 12.2. The van der Waals surface area contributed by atoms with Gasteiger partial charge < -0.3 is 14.8 Å². The summed E-state index contributed by atoms with van der Waals surface area (Å²) < 4.78 is 5.78. The number of thioether (sulfide) groups is 1. The minimum absolute atomic E-state index is 0.210. The molecule has 1 fully saturated rings. The number of aliphatic imine (C=N–C) groups is 1. The summed E-state index contributed by atoms with van der Waals surface area (Å²) in [5.74, 6) is -0.0987. The van der Waals surface area contributed by atoms with E-state index in [1.54, 1.807) is 30.3 Å². The van der Waals surface area contributed by atoms with Crippen LogP contribution in [0.1, 0.15) is 16.1 Å². The summed E-state index contributed by atoms with van der Waals surface area (Å²) in [5, 5.41) is 12.2. The highest BCUT2D eigenvalue weighted by Crippen LogP contribution is 2.30. The van der Waals surface area contributed by atoms with Gasteiger partial charge in [0.1, 0.15) is 11.5 Å². The summed E-state index contributed by atoms with van der Waals surface area (Å²) in [4.78, 5) is 28.0. The van der Waals surface area contributed by atoms with Crippen molar-refractivity contribution in [3.63, 3.8) is 0 Å². The molecular weight excluding hydrogens is 376 g/mol. The monoisotopic (exact) mass is 390 g/mol. The van der Waals surface area contributed by atoms with Crippen LogP contribution in [0.5, 0.6) is 0 Å². The lowest BCUT2D eigenvalue weighted by Gasteiger charge is -1.98. The second-order valence-corrected chi connectivity index (χ2v) is 6.93. The Morgan fingerprint density at radius 2 is 1.79 bits per heavy atom. The molecule has 3 aromatic rings. The maximum Gasteiger partial charge on any atom is 0.335 e. The molecule has 2 N–H and O–H groups in total. The van der Waals surface area contributed by atoms with Crippen LogP contribution in [0.3, 0.4) is 0 Å². The molecule has 2 heterocycles. The van der Waals surface area contributed by atoms with Gasteiger partial charge in [0.2, 0.25) is 0 Å². The fourth-order valence-corrected chi connectivity index (χ4v) is 3.41. The van der Waals surface area contributed by atoms with E-state index in [2.05, 4.69) is 10.3 Å². The van der Waals surface area contributed by atoms with Crippen molar-refractivity contribution in [2.24, 2.45) is 4.99 Å². The predicted molar refractivity (Wildman–Crippen MR) is 108 cm³/mol. The lowest BCUT2D eigenvalue weighted by atomic mass is 10.1. The highest BCUT2D eigenvalue weighted by Gasteiger charge is 2.24. The molecule has 0 atom stereocenters. The second kappa shape index (κ2) is 7.58. The molecule has 1 aliphatic heterocycles. The molecule has 28 heavy (non-hydrogen) atoms. The van der Waals surface area contributed by atoms with Gasteiger partial charge in [-0.15, -0.1) is 0 Å². The lowest BCUT2D eigenvalue weighted by Crippen LogP contribution is -2.19. The van der Waals surface area contributed by atoms with Crippen LogP contribution in [0, 0.1) is 0 Å². The first-order valence-electron chi connectivity index (χ1n) is 8.37. The number of amides is 1. The van der Waals surface area contributed by atoms with Gasteiger partial charge in [-0.05, 0) is 48.2 Å². The first kappa shape index (κ1) is 17.8. The third kappa shape index (κ3) is 3.89. The van der Waals surface area contributed by atoms with E-state index in [4.69, 9.17) is 9.52 Å². The predicted octanol–water partition coefficient (Wildman–Crippen LogP) is 4.54. The van der Waals surface area contributed by atoms with Crippen molar-refractivity contribution < 1.29 is 19.1 Å². The summed E-state index contributed by atoms with van der Waals surface area (Å²) in [7, 11) is 0. The van der Waals surface area contributed by atoms with Crippen LogP contribution in [0.2, 0.25) is 0 Å². The van der Waals surface area contributed by atoms with E-state index in [0.717, 1.165) is 11.3 Å². The molecule has 1 aliphatic rings. The number of para-hydroxylation sites is 1. The van der Waals surface area contributed by atoms with E-state index in [1.807, 2.05) is 30.3 Å². The van der Waals surface area contributed by atoms with Crippen LogP contribution in [-0.4, -0.2) is 22.2 Å². The topological polar surface area (TPSA) is 91.9 Å². The van der Waals surface area contributed by atoms with Crippen molar-refractivity contribution >= 4 is 40.6 Å². The smallest absolute Gasteiger partial charge is 0.335 e. The van der Waals surface area contributed by atoms with Crippen molar-refractivity contribution in [1.82, 2.24) is 5.32 Å². The van der Waals surface area contributed by atoms with E-state index in [-0.39, 0.29) is 11.5 Å². The number of carbonyl (C=O) groups is 2. The molecule has 0 spiro atoms. The Morgan fingerprint density at radius 1 is 1.04 bits per heavy atom. The molecule has 0 unspecified atom stereocenters. The van der Waals surface area contributed by atoms with Crippen molar-refractivity contribution in [2.75, 3.05) is 0 Å². The molecule has 1 saturated heterocycles. The first-order valence-corrected chi connectivity index (χ1v) is 9.18. The fourth-order valence-electron chi connectivity index (χ4n) is 2.59. The number of hydrogen-bond donors (Lipinski definition) is 2. The van der Waals surface area contributed by atoms with Gasteiger partial charge in [0.15, 0.2) is 5.17 Å². The van der Waals surface area contributed by atoms with Crippen LogP contribution in [-0.2, 0) is 4.79 Å². The molecule has 0 saturated carbocycles. The summed E-state index contributed by atoms with van der Waals surface area (Å²) in [6.45, 7) is 0. The Hall–Kier alpha value is -3.58. The molecule has 0 radical (unpaired) electrons. The van der Waals surface area contributed by atoms with Crippen LogP contribution in [0.4, 0.5) is 5.69 Å². The zero-order valence-electron chi connectivity index (χ0n) is 14.5. The number of carboxylic acids is 1. The Morgan fingerprint density at radius 3 is 2.50 bits per heavy atom. The zero-order valence-corrected chi connectivity index (χ0v) is 15.3. The molecule has 0 aliphatic carbocycles. The van der Waals surface area contributed by atoms with Crippen molar-refractivity contribution in [3.05, 3.63) is 83.0 Å². The van der Waals surface area contributed by atoms with Gasteiger partial charge in [-0.1, -0.05) is 30.3 Å². The SMILES string of the molecule is O=C1NC(=Nc2ccccc2)S/C1=C\c1ccc(-c2ccc(C(=O)O)cc2)o1. The molecule has 4 rings (SSSR count). The molecular formula is C21H14N2O4S. The number of benzene rings is 2. The van der Waals surface area contributed by atoms with E-state index in [1.165, 1.54) is 23.9 Å². The number of carbonyl (C=O) groups excluding carboxylic acids is 1. The summed E-state index contributed by atoms with van der Waals surface area (Å²) in [6, 6.07) is 19.3. The number of carboxylic acid groups (broad SMARTS) is 1. The number of nitrogens with zero attached hydrogens (tertiary/aromatic N) is 1. The van der Waals surface area contributed by atoms with Gasteiger partial charge >= 0.3 is 5.97 Å². The van der Waals surface area contributed by atoms with Gasteiger partial charge in [0.25, 0.3) is 5.91 Å². The van der Waals surface area contributed by atoms with Gasteiger partial charge in [0.05, 0.1) is 16.2 Å². The number of amidine groups is 1. The zero-order chi connectivity index (χ0) is 19.5. The number of nitrogens with one attached hydrogen (secondary N) is 1. The highest BCUT2D eigenvalue weighted by atomic mass is 32.2. The van der Waals surface area contributed by atoms with Gasteiger partial charge in [-0.3, -0.25) is 4.79 Å². The second-order valence-electron chi connectivity index (χ2n) is 5.90. The molecule has 2 aromatic carbocycles. The Balaban J connectivity index is 1.53. The molecule has 1 amide bonds. The van der Waals surface area contributed by atoms with Crippen LogP contribution in [0.15, 0.2) is 81.0 Å². The Bertz CT molecular complexity index is 1100. The van der Waals surface area contributed by atoms with E-state index in [9.17, 15) is 9.59 Å². The van der Waals surface area contributed by atoms with Crippen LogP contribution in [0.25, 0.3) is 17.4 Å². The third-order valence-electron chi connectivity index (χ3n) is 3.95. The molecule has 7 heteroatoms. The standard InChI is InChI=1S/C21H14N2O4S/c24-19-18(28-21(23-19)22-15-4-2-1-3-5-15)12-16-10-11-17(27-16)13-6-8-14(9-7-13)20(25)26/h1-12H,(H,25,26)(H,22,23,24)/b18-12-. The summed E-state index contributed by atoms with van der Waals surface area (Å²) in [6.07, 6.45) is 1.66.